The van der Waals surface area contributed by atoms with Crippen molar-refractivity contribution in [1.29, 1.82) is 0 Å². The molecule has 0 aromatic heterocycles. The van der Waals surface area contributed by atoms with Gasteiger partial charge < -0.3 is 0 Å². The number of hydrogen-bond acceptors (Lipinski definition) is 0. The van der Waals surface area contributed by atoms with Crippen LogP contribution in [0.2, 0.25) is 0 Å². The Morgan fingerprint density at radius 2 is 1.74 bits per heavy atom. The number of hydrogen-bond donors (Lipinski definition) is 0. The van der Waals surface area contributed by atoms with E-state index in [4.69, 9.17) is 0 Å². The average molecular weight is 244 g/mol. The van der Waals surface area contributed by atoms with Gasteiger partial charge >= 0.3 is 0 Å². The molecule has 0 N–H and O–H groups in total. The van der Waals surface area contributed by atoms with Gasteiger partial charge in [-0.05, 0) is 44.8 Å². The zero-order valence-corrected chi connectivity index (χ0v) is 11.2. The molecule has 0 nitrogen and oxygen atoms in total. The first-order valence-corrected chi connectivity index (χ1v) is 6.39. The highest BCUT2D eigenvalue weighted by molar-refractivity contribution is 6.15. The first-order chi connectivity index (χ1) is 9.13. The molecule has 0 unspecified atom stereocenters. The minimum atomic E-state index is 1.05. The Kier molecular flexibility index (Phi) is 2.53. The van der Waals surface area contributed by atoms with Crippen molar-refractivity contribution in [3.63, 3.8) is 0 Å². The fourth-order valence-corrected chi connectivity index (χ4v) is 2.79. The second kappa shape index (κ2) is 4.10. The summed E-state index contributed by atoms with van der Waals surface area (Å²) in [5, 5.41) is 6.01. The molecule has 0 saturated carbocycles. The SMILES string of the molecule is C=Cc1ccc2ccc(C(=C)C)c3ccc(=C)c1c23. The van der Waals surface area contributed by atoms with Gasteiger partial charge in [0.25, 0.3) is 0 Å². The first-order valence-electron chi connectivity index (χ1n) is 6.39. The molecule has 0 spiro atoms. The maximum absolute atomic E-state index is 4.16. The smallest absolute Gasteiger partial charge is 0.00209 e. The lowest BCUT2D eigenvalue weighted by atomic mass is 9.91. The molecular formula is C19H16. The molecule has 0 saturated heterocycles. The van der Waals surface area contributed by atoms with E-state index in [1.807, 2.05) is 13.0 Å². The largest absolute Gasteiger partial charge is 0.0984 e. The topological polar surface area (TPSA) is 0 Å². The van der Waals surface area contributed by atoms with Crippen molar-refractivity contribution in [2.45, 2.75) is 6.92 Å². The Morgan fingerprint density at radius 1 is 1.00 bits per heavy atom. The molecule has 3 rings (SSSR count). The van der Waals surface area contributed by atoms with Crippen LogP contribution in [0.25, 0.3) is 39.8 Å². The van der Waals surface area contributed by atoms with Crippen molar-refractivity contribution in [2.75, 3.05) is 0 Å². The molecule has 0 heteroatoms. The maximum atomic E-state index is 4.16. The first kappa shape index (κ1) is 11.7. The molecule has 0 bridgehead atoms. The van der Waals surface area contributed by atoms with Gasteiger partial charge in [-0.3, -0.25) is 0 Å². The number of rotatable bonds is 2. The highest BCUT2D eigenvalue weighted by Gasteiger charge is 2.09. The van der Waals surface area contributed by atoms with Crippen molar-refractivity contribution in [3.8, 4) is 0 Å². The summed E-state index contributed by atoms with van der Waals surface area (Å²) in [6, 6.07) is 12.8. The minimum Gasteiger partial charge on any atom is -0.0984 e. The fraction of sp³-hybridized carbons (Fsp3) is 0.0526. The zero-order valence-electron chi connectivity index (χ0n) is 11.2. The Labute approximate surface area is 113 Å². The van der Waals surface area contributed by atoms with Gasteiger partial charge in [0.2, 0.25) is 0 Å². The van der Waals surface area contributed by atoms with Crippen LogP contribution in [0, 0.1) is 0 Å². The normalized spacial score (nSPS) is 11.0. The predicted octanol–water partition coefficient (Wildman–Crippen LogP) is 4.80. The molecule has 0 atom stereocenters. The number of benzene rings is 3. The summed E-state index contributed by atoms with van der Waals surface area (Å²) < 4.78 is 0. The van der Waals surface area contributed by atoms with Gasteiger partial charge in [-0.25, -0.2) is 0 Å². The Hall–Kier alpha value is -2.34. The third kappa shape index (κ3) is 1.61. The van der Waals surface area contributed by atoms with Crippen LogP contribution in [-0.2, 0) is 0 Å². The van der Waals surface area contributed by atoms with Crippen molar-refractivity contribution in [2.24, 2.45) is 0 Å². The molecule has 19 heavy (non-hydrogen) atoms. The molecule has 0 fully saturated rings. The molecule has 0 aliphatic carbocycles. The van der Waals surface area contributed by atoms with E-state index in [0.29, 0.717) is 0 Å². The molecule has 0 radical (unpaired) electrons. The molecule has 0 aliphatic heterocycles. The predicted molar refractivity (Wildman–Crippen MR) is 87.0 cm³/mol. The van der Waals surface area contributed by atoms with Gasteiger partial charge in [-0.1, -0.05) is 67.8 Å². The highest BCUT2D eigenvalue weighted by atomic mass is 14.1. The van der Waals surface area contributed by atoms with Crippen LogP contribution in [0.5, 0.6) is 0 Å². The monoisotopic (exact) mass is 244 g/mol. The second-order valence-electron chi connectivity index (χ2n) is 5.00. The lowest BCUT2D eigenvalue weighted by Gasteiger charge is -2.13. The Balaban J connectivity index is 2.68. The van der Waals surface area contributed by atoms with E-state index in [-0.39, 0.29) is 0 Å². The third-order valence-electron chi connectivity index (χ3n) is 3.71. The van der Waals surface area contributed by atoms with Crippen LogP contribution in [0.15, 0.2) is 49.6 Å². The van der Waals surface area contributed by atoms with E-state index in [0.717, 1.165) is 16.4 Å². The Bertz CT molecular complexity index is 866. The summed E-state index contributed by atoms with van der Waals surface area (Å²) in [6.07, 6.45) is 1.90. The zero-order chi connectivity index (χ0) is 13.6. The van der Waals surface area contributed by atoms with E-state index < -0.39 is 0 Å². The lowest BCUT2D eigenvalue weighted by Crippen LogP contribution is -2.02. The van der Waals surface area contributed by atoms with E-state index in [1.165, 1.54) is 27.1 Å². The van der Waals surface area contributed by atoms with Gasteiger partial charge in [-0.2, -0.15) is 0 Å². The Morgan fingerprint density at radius 3 is 2.42 bits per heavy atom. The van der Waals surface area contributed by atoms with Gasteiger partial charge in [0, 0.05) is 0 Å². The van der Waals surface area contributed by atoms with Crippen molar-refractivity contribution in [1.82, 2.24) is 0 Å². The molecular weight excluding hydrogens is 228 g/mol. The van der Waals surface area contributed by atoms with E-state index in [9.17, 15) is 0 Å². The van der Waals surface area contributed by atoms with Crippen LogP contribution in [0.1, 0.15) is 18.1 Å². The molecule has 0 heterocycles. The highest BCUT2D eigenvalue weighted by Crippen LogP contribution is 2.32. The molecule has 3 aromatic carbocycles. The van der Waals surface area contributed by atoms with Gasteiger partial charge in [0.1, 0.15) is 0 Å². The van der Waals surface area contributed by atoms with E-state index in [2.05, 4.69) is 56.1 Å². The van der Waals surface area contributed by atoms with Gasteiger partial charge in [0.15, 0.2) is 0 Å². The molecule has 3 aromatic rings. The van der Waals surface area contributed by atoms with Crippen molar-refractivity contribution >= 4 is 39.8 Å². The summed E-state index contributed by atoms with van der Waals surface area (Å²) in [6.45, 7) is 14.2. The second-order valence-corrected chi connectivity index (χ2v) is 5.00. The fourth-order valence-electron chi connectivity index (χ4n) is 2.79. The van der Waals surface area contributed by atoms with Crippen LogP contribution in [0.4, 0.5) is 0 Å². The third-order valence-corrected chi connectivity index (χ3v) is 3.71. The van der Waals surface area contributed by atoms with Crippen LogP contribution < -0.4 is 5.22 Å². The quantitative estimate of drug-likeness (QED) is 0.607. The number of allylic oxidation sites excluding steroid dienone is 1. The summed E-state index contributed by atoms with van der Waals surface area (Å²) >= 11 is 0. The van der Waals surface area contributed by atoms with Crippen molar-refractivity contribution < 1.29 is 0 Å². The van der Waals surface area contributed by atoms with E-state index >= 15 is 0 Å². The van der Waals surface area contributed by atoms with E-state index in [1.54, 1.807) is 0 Å². The average Bonchev–Trinajstić information content (AvgIpc) is 2.42. The van der Waals surface area contributed by atoms with Crippen molar-refractivity contribution in [3.05, 3.63) is 65.9 Å². The summed E-state index contributed by atoms with van der Waals surface area (Å²) in [5.41, 5.74) is 3.43. The summed E-state index contributed by atoms with van der Waals surface area (Å²) in [4.78, 5) is 0. The summed E-state index contributed by atoms with van der Waals surface area (Å²) in [5.74, 6) is 0. The molecule has 0 aliphatic rings. The standard InChI is InChI=1S/C19H16/c1-5-14-7-8-15-9-11-16(12(2)3)17-10-6-13(4)18(14)19(15)17/h5-11H,1-2,4H2,3H3. The van der Waals surface area contributed by atoms with Crippen LogP contribution >= 0.6 is 0 Å². The van der Waals surface area contributed by atoms with Crippen LogP contribution in [0.3, 0.4) is 0 Å². The molecule has 92 valence electrons. The molecule has 0 amide bonds. The summed E-state index contributed by atoms with van der Waals surface area (Å²) in [7, 11) is 0. The lowest BCUT2D eigenvalue weighted by molar-refractivity contribution is 1.63. The van der Waals surface area contributed by atoms with Gasteiger partial charge in [-0.15, -0.1) is 0 Å². The minimum absolute atomic E-state index is 1.05. The maximum Gasteiger partial charge on any atom is -0.00209 e. The van der Waals surface area contributed by atoms with Crippen LogP contribution in [-0.4, -0.2) is 0 Å². The van der Waals surface area contributed by atoms with Gasteiger partial charge in [0.05, 0.1) is 0 Å².